The van der Waals surface area contributed by atoms with Gasteiger partial charge in [-0.3, -0.25) is 0 Å². The van der Waals surface area contributed by atoms with E-state index in [1.165, 1.54) is 50.6 Å². The Balaban J connectivity index is 1.80. The van der Waals surface area contributed by atoms with E-state index >= 15 is 0 Å². The zero-order valence-electron chi connectivity index (χ0n) is 10.2. The molecule has 2 nitrogen and oxygen atoms in total. The van der Waals surface area contributed by atoms with E-state index in [-0.39, 0.29) is 0 Å². The van der Waals surface area contributed by atoms with Crippen LogP contribution in [0.25, 0.3) is 0 Å². The van der Waals surface area contributed by atoms with E-state index in [1.807, 2.05) is 6.20 Å². The highest BCUT2D eigenvalue weighted by Gasteiger charge is 2.25. The number of aromatic nitrogens is 2. The van der Waals surface area contributed by atoms with E-state index in [4.69, 9.17) is 12.2 Å². The van der Waals surface area contributed by atoms with Crippen LogP contribution in [0.3, 0.4) is 0 Å². The Morgan fingerprint density at radius 2 is 2.00 bits per heavy atom. The third-order valence-electron chi connectivity index (χ3n) is 4.27. The fraction of sp³-hybridized carbons (Fsp3) is 0.643. The minimum Gasteiger partial charge on any atom is -0.337 e. The maximum atomic E-state index is 5.09. The quantitative estimate of drug-likeness (QED) is 0.594. The van der Waals surface area contributed by atoms with Gasteiger partial charge in [0.15, 0.2) is 4.77 Å². The minimum atomic E-state index is 0.758. The fourth-order valence-corrected chi connectivity index (χ4v) is 3.67. The van der Waals surface area contributed by atoms with Gasteiger partial charge in [0.2, 0.25) is 0 Å². The van der Waals surface area contributed by atoms with Crippen LogP contribution in [0.4, 0.5) is 0 Å². The largest absolute Gasteiger partial charge is 0.337 e. The Bertz CT molecular complexity index is 476. The second-order valence-corrected chi connectivity index (χ2v) is 5.81. The van der Waals surface area contributed by atoms with Crippen molar-refractivity contribution in [2.75, 3.05) is 0 Å². The lowest BCUT2D eigenvalue weighted by molar-refractivity contribution is 0.440. The molecule has 0 fully saturated rings. The topological polar surface area (TPSA) is 31.6 Å². The van der Waals surface area contributed by atoms with E-state index in [0.29, 0.717) is 0 Å². The SMILES string of the molecule is S=c1[nH]cc(CC2CCCC3=C2CCCC3)[nH]1. The van der Waals surface area contributed by atoms with Crippen LogP contribution >= 0.6 is 12.2 Å². The summed E-state index contributed by atoms with van der Waals surface area (Å²) in [5.74, 6) is 0.778. The highest BCUT2D eigenvalue weighted by atomic mass is 32.1. The average molecular weight is 248 g/mol. The molecule has 0 saturated heterocycles. The van der Waals surface area contributed by atoms with Gasteiger partial charge < -0.3 is 9.97 Å². The molecule has 1 aromatic rings. The summed E-state index contributed by atoms with van der Waals surface area (Å²) in [5, 5.41) is 0. The van der Waals surface area contributed by atoms with Gasteiger partial charge in [-0.05, 0) is 69.5 Å². The maximum absolute atomic E-state index is 5.09. The van der Waals surface area contributed by atoms with Crippen LogP contribution in [0.1, 0.15) is 50.6 Å². The van der Waals surface area contributed by atoms with Crippen LogP contribution in [-0.4, -0.2) is 9.97 Å². The number of rotatable bonds is 2. The lowest BCUT2D eigenvalue weighted by atomic mass is 9.74. The lowest BCUT2D eigenvalue weighted by Crippen LogP contribution is -2.17. The van der Waals surface area contributed by atoms with Crippen molar-refractivity contribution in [2.24, 2.45) is 5.92 Å². The van der Waals surface area contributed by atoms with Crippen molar-refractivity contribution in [2.45, 2.75) is 51.4 Å². The van der Waals surface area contributed by atoms with Crippen molar-refractivity contribution in [3.63, 3.8) is 0 Å². The van der Waals surface area contributed by atoms with Crippen LogP contribution in [0.2, 0.25) is 0 Å². The minimum absolute atomic E-state index is 0.758. The Hall–Kier alpha value is -0.830. The highest BCUT2D eigenvalue weighted by Crippen LogP contribution is 2.40. The van der Waals surface area contributed by atoms with Crippen molar-refractivity contribution in [3.05, 3.63) is 27.8 Å². The van der Waals surface area contributed by atoms with Crippen molar-refractivity contribution in [3.8, 4) is 0 Å². The van der Waals surface area contributed by atoms with Gasteiger partial charge in [0.25, 0.3) is 0 Å². The molecule has 17 heavy (non-hydrogen) atoms. The summed E-state index contributed by atoms with van der Waals surface area (Å²) in [4.78, 5) is 6.33. The van der Waals surface area contributed by atoms with E-state index in [9.17, 15) is 0 Å². The number of hydrogen-bond donors (Lipinski definition) is 2. The number of nitrogens with one attached hydrogen (secondary N) is 2. The molecular weight excluding hydrogens is 228 g/mol. The van der Waals surface area contributed by atoms with Gasteiger partial charge in [-0.25, -0.2) is 0 Å². The molecule has 1 aromatic heterocycles. The van der Waals surface area contributed by atoms with E-state index < -0.39 is 0 Å². The number of aromatic amines is 2. The van der Waals surface area contributed by atoms with E-state index in [1.54, 1.807) is 11.1 Å². The zero-order valence-corrected chi connectivity index (χ0v) is 11.0. The fourth-order valence-electron chi connectivity index (χ4n) is 3.48. The van der Waals surface area contributed by atoms with E-state index in [0.717, 1.165) is 17.1 Å². The van der Waals surface area contributed by atoms with Gasteiger partial charge >= 0.3 is 0 Å². The van der Waals surface area contributed by atoms with Crippen molar-refractivity contribution >= 4 is 12.2 Å². The number of hydrogen-bond acceptors (Lipinski definition) is 1. The first kappa shape index (κ1) is 11.3. The zero-order chi connectivity index (χ0) is 11.7. The summed E-state index contributed by atoms with van der Waals surface area (Å²) in [6.07, 6.45) is 12.8. The van der Waals surface area contributed by atoms with Crippen LogP contribution < -0.4 is 0 Å². The smallest absolute Gasteiger partial charge is 0.174 e. The van der Waals surface area contributed by atoms with Crippen LogP contribution in [0, 0.1) is 10.7 Å². The molecule has 2 aliphatic carbocycles. The first-order valence-electron chi connectivity index (χ1n) is 6.80. The summed E-state index contributed by atoms with van der Waals surface area (Å²) < 4.78 is 0.758. The van der Waals surface area contributed by atoms with Gasteiger partial charge in [-0.1, -0.05) is 11.1 Å². The molecule has 2 aliphatic rings. The van der Waals surface area contributed by atoms with E-state index in [2.05, 4.69) is 9.97 Å². The number of H-pyrrole nitrogens is 2. The molecule has 1 unspecified atom stereocenters. The van der Waals surface area contributed by atoms with Gasteiger partial charge in [0, 0.05) is 11.9 Å². The third kappa shape index (κ3) is 2.39. The molecule has 0 radical (unpaired) electrons. The van der Waals surface area contributed by atoms with Gasteiger partial charge in [-0.15, -0.1) is 0 Å². The third-order valence-corrected chi connectivity index (χ3v) is 4.49. The molecule has 0 saturated carbocycles. The molecule has 0 amide bonds. The average Bonchev–Trinajstić information content (AvgIpc) is 2.75. The van der Waals surface area contributed by atoms with Crippen LogP contribution in [-0.2, 0) is 6.42 Å². The lowest BCUT2D eigenvalue weighted by Gasteiger charge is -2.31. The first-order valence-corrected chi connectivity index (χ1v) is 7.21. The monoisotopic (exact) mass is 248 g/mol. The highest BCUT2D eigenvalue weighted by molar-refractivity contribution is 7.71. The molecule has 3 rings (SSSR count). The molecule has 2 N–H and O–H groups in total. The summed E-state index contributed by atoms with van der Waals surface area (Å²) in [5.41, 5.74) is 4.86. The first-order chi connectivity index (χ1) is 8.33. The predicted molar refractivity (Wildman–Crippen MR) is 72.5 cm³/mol. The molecule has 0 bridgehead atoms. The Kier molecular flexibility index (Phi) is 3.19. The summed E-state index contributed by atoms with van der Waals surface area (Å²) in [6, 6.07) is 0. The van der Waals surface area contributed by atoms with Gasteiger partial charge in [0.05, 0.1) is 0 Å². The summed E-state index contributed by atoms with van der Waals surface area (Å²) in [6.45, 7) is 0. The normalized spacial score (nSPS) is 24.8. The Morgan fingerprint density at radius 3 is 2.82 bits per heavy atom. The Morgan fingerprint density at radius 1 is 1.18 bits per heavy atom. The molecule has 0 aromatic carbocycles. The number of imidazole rings is 1. The second kappa shape index (κ2) is 4.81. The van der Waals surface area contributed by atoms with Gasteiger partial charge in [-0.2, -0.15) is 0 Å². The predicted octanol–water partition coefficient (Wildman–Crippen LogP) is 4.29. The number of allylic oxidation sites excluding steroid dienone is 2. The summed E-state index contributed by atoms with van der Waals surface area (Å²) >= 11 is 5.09. The van der Waals surface area contributed by atoms with Crippen molar-refractivity contribution in [1.29, 1.82) is 0 Å². The molecular formula is C14H20N2S. The maximum Gasteiger partial charge on any atom is 0.174 e. The van der Waals surface area contributed by atoms with Crippen molar-refractivity contribution in [1.82, 2.24) is 9.97 Å². The second-order valence-electron chi connectivity index (χ2n) is 5.40. The standard InChI is InChI=1S/C14H20N2S/c17-14-15-9-12(16-14)8-11-6-3-5-10-4-1-2-7-13(10)11/h9,11H,1-8H2,(H2,15,16,17). The van der Waals surface area contributed by atoms with Gasteiger partial charge in [0.1, 0.15) is 0 Å². The van der Waals surface area contributed by atoms with Crippen LogP contribution in [0.15, 0.2) is 17.3 Å². The molecule has 3 heteroatoms. The molecule has 0 aliphatic heterocycles. The molecule has 1 atom stereocenters. The van der Waals surface area contributed by atoms with Crippen LogP contribution in [0.5, 0.6) is 0 Å². The summed E-state index contributed by atoms with van der Waals surface area (Å²) in [7, 11) is 0. The molecule has 92 valence electrons. The van der Waals surface area contributed by atoms with Crippen molar-refractivity contribution < 1.29 is 0 Å². The molecule has 0 spiro atoms. The molecule has 1 heterocycles. The Labute approximate surface area is 108 Å².